The van der Waals surface area contributed by atoms with Gasteiger partial charge in [0.2, 0.25) is 5.91 Å². The number of carbonyl (C=O) groups excluding carboxylic acids is 1. The van der Waals surface area contributed by atoms with Crippen molar-refractivity contribution in [3.8, 4) is 0 Å². The van der Waals surface area contributed by atoms with Gasteiger partial charge in [0.05, 0.1) is 12.5 Å². The van der Waals surface area contributed by atoms with Gasteiger partial charge >= 0.3 is 5.97 Å². The zero-order chi connectivity index (χ0) is 14.0. The van der Waals surface area contributed by atoms with Crippen molar-refractivity contribution in [2.75, 3.05) is 6.54 Å². The number of carboxylic acid groups (broad SMARTS) is 1. The highest BCUT2D eigenvalue weighted by Crippen LogP contribution is 2.20. The maximum Gasteiger partial charge on any atom is 0.326 e. The number of hydrogen-bond acceptors (Lipinski definition) is 3. The van der Waals surface area contributed by atoms with Gasteiger partial charge in [-0.15, -0.1) is 0 Å². The van der Waals surface area contributed by atoms with Gasteiger partial charge in [-0.1, -0.05) is 28.1 Å². The number of carbonyl (C=O) groups is 2. The molecule has 0 spiro atoms. The minimum Gasteiger partial charge on any atom is -0.480 e. The summed E-state index contributed by atoms with van der Waals surface area (Å²) in [6.45, 7) is 0.0896. The Kier molecular flexibility index (Phi) is 4.21. The van der Waals surface area contributed by atoms with E-state index in [1.165, 1.54) is 4.90 Å². The molecule has 19 heavy (non-hydrogen) atoms. The molecule has 0 saturated carbocycles. The first kappa shape index (κ1) is 14.0. The molecule has 1 heterocycles. The smallest absolute Gasteiger partial charge is 0.326 e. The molecule has 1 unspecified atom stereocenters. The molecule has 0 bridgehead atoms. The lowest BCUT2D eigenvalue weighted by atomic mass is 10.1. The van der Waals surface area contributed by atoms with E-state index in [-0.39, 0.29) is 25.3 Å². The van der Waals surface area contributed by atoms with Crippen LogP contribution in [0, 0.1) is 0 Å². The predicted molar refractivity (Wildman–Crippen MR) is 71.6 cm³/mol. The first-order valence-electron chi connectivity index (χ1n) is 5.92. The van der Waals surface area contributed by atoms with Crippen LogP contribution in [0.4, 0.5) is 0 Å². The Morgan fingerprint density at radius 3 is 2.53 bits per heavy atom. The van der Waals surface area contributed by atoms with Gasteiger partial charge < -0.3 is 15.1 Å². The summed E-state index contributed by atoms with van der Waals surface area (Å²) >= 11 is 3.31. The summed E-state index contributed by atoms with van der Waals surface area (Å²) in [6, 6.07) is 6.36. The highest BCUT2D eigenvalue weighted by molar-refractivity contribution is 9.10. The number of nitrogens with zero attached hydrogens (tertiary/aromatic N) is 1. The topological polar surface area (TPSA) is 77.8 Å². The SMILES string of the molecule is O=C(O)[C@@H]1CC(O)CN1C(=O)Cc1ccc(Br)cc1. The summed E-state index contributed by atoms with van der Waals surface area (Å²) in [7, 11) is 0. The van der Waals surface area contributed by atoms with Crippen LogP contribution in [0.1, 0.15) is 12.0 Å². The number of aliphatic carboxylic acids is 1. The number of aliphatic hydroxyl groups excluding tert-OH is 1. The number of hydrogen-bond donors (Lipinski definition) is 2. The van der Waals surface area contributed by atoms with Crippen molar-refractivity contribution in [2.24, 2.45) is 0 Å². The van der Waals surface area contributed by atoms with Crippen molar-refractivity contribution >= 4 is 27.8 Å². The molecule has 1 aliphatic heterocycles. The third-order valence-electron chi connectivity index (χ3n) is 3.15. The minimum absolute atomic E-state index is 0.0896. The van der Waals surface area contributed by atoms with E-state index in [9.17, 15) is 14.7 Å². The number of halogens is 1. The summed E-state index contributed by atoms with van der Waals surface area (Å²) in [6.07, 6.45) is -0.513. The normalized spacial score (nSPS) is 22.5. The van der Waals surface area contributed by atoms with E-state index in [0.717, 1.165) is 10.0 Å². The van der Waals surface area contributed by atoms with E-state index >= 15 is 0 Å². The number of amides is 1. The van der Waals surface area contributed by atoms with Gasteiger partial charge in [-0.3, -0.25) is 4.79 Å². The lowest BCUT2D eigenvalue weighted by molar-refractivity contribution is -0.148. The highest BCUT2D eigenvalue weighted by Gasteiger charge is 2.38. The van der Waals surface area contributed by atoms with Gasteiger partial charge in [0, 0.05) is 17.4 Å². The second-order valence-electron chi connectivity index (χ2n) is 4.59. The van der Waals surface area contributed by atoms with Crippen LogP contribution in [0.25, 0.3) is 0 Å². The number of rotatable bonds is 3. The molecular weight excluding hydrogens is 314 g/mol. The number of likely N-dealkylation sites (tertiary alicyclic amines) is 1. The molecule has 0 aromatic heterocycles. The molecule has 5 nitrogen and oxygen atoms in total. The summed E-state index contributed by atoms with van der Waals surface area (Å²) in [5.41, 5.74) is 0.818. The molecule has 2 atom stereocenters. The van der Waals surface area contributed by atoms with Crippen LogP contribution in [0.15, 0.2) is 28.7 Å². The van der Waals surface area contributed by atoms with E-state index in [0.29, 0.717) is 0 Å². The quantitative estimate of drug-likeness (QED) is 0.869. The van der Waals surface area contributed by atoms with Crippen molar-refractivity contribution in [3.63, 3.8) is 0 Å². The highest BCUT2D eigenvalue weighted by atomic mass is 79.9. The Bertz CT molecular complexity index is 488. The van der Waals surface area contributed by atoms with Crippen LogP contribution in [0.3, 0.4) is 0 Å². The lowest BCUT2D eigenvalue weighted by Gasteiger charge is -2.21. The molecule has 2 rings (SSSR count). The van der Waals surface area contributed by atoms with Crippen LogP contribution in [-0.2, 0) is 16.0 Å². The molecule has 1 aromatic carbocycles. The fourth-order valence-electron chi connectivity index (χ4n) is 2.20. The Hall–Kier alpha value is -1.40. The largest absolute Gasteiger partial charge is 0.480 e. The molecule has 2 N–H and O–H groups in total. The van der Waals surface area contributed by atoms with Gasteiger partial charge in [0.25, 0.3) is 0 Å². The molecular formula is C13H14BrNO4. The molecule has 1 aromatic rings. The average Bonchev–Trinajstić information content (AvgIpc) is 2.74. The Morgan fingerprint density at radius 2 is 1.95 bits per heavy atom. The number of aliphatic hydroxyl groups is 1. The summed E-state index contributed by atoms with van der Waals surface area (Å²) in [4.78, 5) is 24.4. The van der Waals surface area contributed by atoms with Crippen molar-refractivity contribution < 1.29 is 19.8 Å². The number of benzene rings is 1. The van der Waals surface area contributed by atoms with Crippen molar-refractivity contribution in [3.05, 3.63) is 34.3 Å². The van der Waals surface area contributed by atoms with Crippen molar-refractivity contribution in [1.29, 1.82) is 0 Å². The first-order valence-corrected chi connectivity index (χ1v) is 6.71. The van der Waals surface area contributed by atoms with Gasteiger partial charge in [-0.25, -0.2) is 4.79 Å². The zero-order valence-electron chi connectivity index (χ0n) is 10.1. The first-order chi connectivity index (χ1) is 8.97. The van der Waals surface area contributed by atoms with Gasteiger partial charge in [-0.2, -0.15) is 0 Å². The van der Waals surface area contributed by atoms with E-state index in [1.807, 2.05) is 24.3 Å². The predicted octanol–water partition coefficient (Wildman–Crippen LogP) is 1.04. The molecule has 1 aliphatic rings. The fraction of sp³-hybridized carbons (Fsp3) is 0.385. The van der Waals surface area contributed by atoms with Crippen molar-refractivity contribution in [2.45, 2.75) is 25.0 Å². The Balaban J connectivity index is 2.06. The summed E-state index contributed by atoms with van der Waals surface area (Å²) in [5.74, 6) is -1.34. The average molecular weight is 328 g/mol. The maximum absolute atomic E-state index is 12.1. The second kappa shape index (κ2) is 5.71. The van der Waals surface area contributed by atoms with Crippen LogP contribution >= 0.6 is 15.9 Å². The molecule has 0 aliphatic carbocycles. The van der Waals surface area contributed by atoms with Crippen molar-refractivity contribution in [1.82, 2.24) is 4.90 Å². The lowest BCUT2D eigenvalue weighted by Crippen LogP contribution is -2.41. The van der Waals surface area contributed by atoms with Crippen LogP contribution < -0.4 is 0 Å². The van der Waals surface area contributed by atoms with Crippen LogP contribution in [0.5, 0.6) is 0 Å². The van der Waals surface area contributed by atoms with Gasteiger partial charge in [-0.05, 0) is 17.7 Å². The van der Waals surface area contributed by atoms with E-state index in [1.54, 1.807) is 0 Å². The molecule has 1 amide bonds. The van der Waals surface area contributed by atoms with Crippen LogP contribution in [0.2, 0.25) is 0 Å². The van der Waals surface area contributed by atoms with Gasteiger partial charge in [0.15, 0.2) is 0 Å². The number of β-amino-alcohol motifs (C(OH)–C–C–N with tert-alkyl or cyclic N) is 1. The monoisotopic (exact) mass is 327 g/mol. The second-order valence-corrected chi connectivity index (χ2v) is 5.51. The molecule has 1 fully saturated rings. The maximum atomic E-state index is 12.1. The summed E-state index contributed by atoms with van der Waals surface area (Å²) in [5, 5.41) is 18.5. The number of carboxylic acids is 1. The molecule has 0 radical (unpaired) electrons. The van der Waals surface area contributed by atoms with Crippen LogP contribution in [-0.4, -0.2) is 45.7 Å². The molecule has 1 saturated heterocycles. The van der Waals surface area contributed by atoms with E-state index < -0.39 is 18.1 Å². The Morgan fingerprint density at radius 1 is 1.32 bits per heavy atom. The Labute approximate surface area is 119 Å². The molecule has 6 heteroatoms. The zero-order valence-corrected chi connectivity index (χ0v) is 11.7. The summed E-state index contributed by atoms with van der Waals surface area (Å²) < 4.78 is 0.920. The van der Waals surface area contributed by atoms with E-state index in [4.69, 9.17) is 5.11 Å². The van der Waals surface area contributed by atoms with E-state index in [2.05, 4.69) is 15.9 Å². The minimum atomic E-state index is -1.07. The molecule has 102 valence electrons. The fourth-order valence-corrected chi connectivity index (χ4v) is 2.47. The standard InChI is InChI=1S/C13H14BrNO4/c14-9-3-1-8(2-4-9)5-12(17)15-7-10(16)6-11(15)13(18)19/h1-4,10-11,16H,5-7H2,(H,18,19)/t10?,11-/m0/s1. The van der Waals surface area contributed by atoms with Gasteiger partial charge in [0.1, 0.15) is 6.04 Å². The third-order valence-corrected chi connectivity index (χ3v) is 3.68. The third kappa shape index (κ3) is 3.33.